The number of Topliss-reactive ketones (excluding diaryl/α,β-unsaturated/α-hetero) is 1. The lowest BCUT2D eigenvalue weighted by Crippen LogP contribution is -2.38. The zero-order valence-corrected chi connectivity index (χ0v) is 16.8. The summed E-state index contributed by atoms with van der Waals surface area (Å²) in [7, 11) is 0. The summed E-state index contributed by atoms with van der Waals surface area (Å²) in [6, 6.07) is 1.98. The van der Waals surface area contributed by atoms with Crippen LogP contribution in [0.3, 0.4) is 0 Å². The Morgan fingerprint density at radius 3 is 2.54 bits per heavy atom. The molecule has 1 saturated heterocycles. The molecule has 1 aromatic rings. The highest BCUT2D eigenvalue weighted by molar-refractivity contribution is 5.92. The maximum absolute atomic E-state index is 12.4. The molecule has 3 aliphatic rings. The molecule has 0 atom stereocenters. The van der Waals surface area contributed by atoms with Crippen LogP contribution in [0.5, 0.6) is 0 Å². The molecule has 0 aromatic carbocycles. The molecule has 2 aliphatic carbocycles. The van der Waals surface area contributed by atoms with Crippen LogP contribution in [-0.4, -0.2) is 47.4 Å². The van der Waals surface area contributed by atoms with Crippen molar-refractivity contribution in [1.29, 1.82) is 0 Å². The first-order chi connectivity index (χ1) is 13.7. The van der Waals surface area contributed by atoms with Crippen LogP contribution in [0, 0.1) is 5.92 Å². The van der Waals surface area contributed by atoms with Crippen LogP contribution in [0.25, 0.3) is 0 Å². The van der Waals surface area contributed by atoms with E-state index in [1.54, 1.807) is 6.07 Å². The minimum Gasteiger partial charge on any atom is -0.360 e. The van der Waals surface area contributed by atoms with Crippen molar-refractivity contribution in [2.45, 2.75) is 82.6 Å². The lowest BCUT2D eigenvalue weighted by Gasteiger charge is -2.29. The van der Waals surface area contributed by atoms with E-state index in [1.165, 1.54) is 19.3 Å². The summed E-state index contributed by atoms with van der Waals surface area (Å²) in [5, 5.41) is 7.02. The summed E-state index contributed by atoms with van der Waals surface area (Å²) in [5.74, 6) is 2.08. The number of nitrogens with zero attached hydrogens (tertiary/aromatic N) is 2. The molecule has 28 heavy (non-hydrogen) atoms. The van der Waals surface area contributed by atoms with Gasteiger partial charge in [0, 0.05) is 37.4 Å². The molecule has 6 heteroatoms. The summed E-state index contributed by atoms with van der Waals surface area (Å²) < 4.78 is 5.27. The van der Waals surface area contributed by atoms with E-state index < -0.39 is 0 Å². The summed E-state index contributed by atoms with van der Waals surface area (Å²) in [6.07, 6.45) is 11.5. The fraction of sp³-hybridized carbons (Fsp3) is 0.773. The number of carbonyl (C=O) groups excluding carboxylic acids is 2. The molecule has 6 nitrogen and oxygen atoms in total. The molecule has 1 aliphatic heterocycles. The number of ketones is 1. The van der Waals surface area contributed by atoms with Crippen molar-refractivity contribution >= 4 is 11.7 Å². The number of hydrogen-bond acceptors (Lipinski definition) is 5. The Bertz CT molecular complexity index is 668. The second-order valence-corrected chi connectivity index (χ2v) is 8.98. The number of aromatic nitrogens is 1. The van der Waals surface area contributed by atoms with Crippen LogP contribution in [0.15, 0.2) is 10.6 Å². The maximum Gasteiger partial charge on any atom is 0.273 e. The highest BCUT2D eigenvalue weighted by Gasteiger charge is 2.30. The van der Waals surface area contributed by atoms with Crippen molar-refractivity contribution < 1.29 is 14.1 Å². The predicted molar refractivity (Wildman–Crippen MR) is 106 cm³/mol. The quantitative estimate of drug-likeness (QED) is 0.736. The minimum absolute atomic E-state index is 0.128. The summed E-state index contributed by atoms with van der Waals surface area (Å²) in [5.41, 5.74) is 0.400. The van der Waals surface area contributed by atoms with E-state index >= 15 is 0 Å². The first-order valence-electron chi connectivity index (χ1n) is 11.2. The maximum atomic E-state index is 12.4. The van der Waals surface area contributed by atoms with Crippen LogP contribution in [0.4, 0.5) is 0 Å². The molecular formula is C22H33N3O3. The van der Waals surface area contributed by atoms with E-state index in [2.05, 4.69) is 15.4 Å². The molecular weight excluding hydrogens is 354 g/mol. The van der Waals surface area contributed by atoms with Crippen LogP contribution in [-0.2, 0) is 4.79 Å². The fourth-order valence-corrected chi connectivity index (χ4v) is 4.62. The number of piperidine rings is 1. The topological polar surface area (TPSA) is 75.4 Å². The Balaban J connectivity index is 1.13. The molecule has 0 unspecified atom stereocenters. The molecule has 2 saturated carbocycles. The SMILES string of the molecule is O=C(CCN1CCCCC1)CC1CCC(NC(=O)c2cc(C3CC3)on2)CC1. The molecule has 1 N–H and O–H groups in total. The van der Waals surface area contributed by atoms with Crippen molar-refractivity contribution in [3.8, 4) is 0 Å². The van der Waals surface area contributed by atoms with Gasteiger partial charge in [0.15, 0.2) is 5.69 Å². The number of hydrogen-bond donors (Lipinski definition) is 1. The highest BCUT2D eigenvalue weighted by Crippen LogP contribution is 2.40. The second kappa shape index (κ2) is 9.21. The van der Waals surface area contributed by atoms with Gasteiger partial charge in [0.2, 0.25) is 0 Å². The van der Waals surface area contributed by atoms with Crippen molar-refractivity contribution in [2.75, 3.05) is 19.6 Å². The van der Waals surface area contributed by atoms with Gasteiger partial charge in [-0.25, -0.2) is 0 Å². The van der Waals surface area contributed by atoms with Gasteiger partial charge in [-0.2, -0.15) is 0 Å². The lowest BCUT2D eigenvalue weighted by atomic mass is 9.82. The Morgan fingerprint density at radius 1 is 1.07 bits per heavy atom. The monoisotopic (exact) mass is 387 g/mol. The number of rotatable bonds is 8. The average Bonchev–Trinajstić information content (AvgIpc) is 3.45. The van der Waals surface area contributed by atoms with Gasteiger partial charge in [0.05, 0.1) is 0 Å². The van der Waals surface area contributed by atoms with Crippen LogP contribution >= 0.6 is 0 Å². The van der Waals surface area contributed by atoms with Gasteiger partial charge >= 0.3 is 0 Å². The third-order valence-electron chi connectivity index (χ3n) is 6.59. The van der Waals surface area contributed by atoms with Crippen LogP contribution in [0.2, 0.25) is 0 Å². The van der Waals surface area contributed by atoms with E-state index in [4.69, 9.17) is 4.52 Å². The molecule has 2 heterocycles. The highest BCUT2D eigenvalue weighted by atomic mass is 16.5. The Hall–Kier alpha value is -1.69. The molecule has 0 radical (unpaired) electrons. The van der Waals surface area contributed by atoms with E-state index in [-0.39, 0.29) is 11.9 Å². The van der Waals surface area contributed by atoms with Crippen LogP contribution < -0.4 is 5.32 Å². The number of likely N-dealkylation sites (tertiary alicyclic amines) is 1. The average molecular weight is 388 g/mol. The summed E-state index contributed by atoms with van der Waals surface area (Å²) in [4.78, 5) is 27.2. The lowest BCUT2D eigenvalue weighted by molar-refractivity contribution is -0.120. The Labute approximate surface area is 167 Å². The number of amides is 1. The second-order valence-electron chi connectivity index (χ2n) is 8.98. The van der Waals surface area contributed by atoms with Gasteiger partial charge in [0.1, 0.15) is 11.5 Å². The largest absolute Gasteiger partial charge is 0.360 e. The zero-order valence-electron chi connectivity index (χ0n) is 16.8. The van der Waals surface area contributed by atoms with Crippen molar-refractivity contribution in [3.05, 3.63) is 17.5 Å². The number of nitrogens with one attached hydrogen (secondary N) is 1. The van der Waals surface area contributed by atoms with Gasteiger partial charge in [-0.05, 0) is 70.4 Å². The van der Waals surface area contributed by atoms with Crippen molar-refractivity contribution in [3.63, 3.8) is 0 Å². The molecule has 0 bridgehead atoms. The standard InChI is InChI=1S/C22H33N3O3/c26-19(10-13-25-11-2-1-3-12-25)14-16-4-8-18(9-5-16)23-22(27)20-15-21(28-24-20)17-6-7-17/h15-18H,1-14H2,(H,23,27). The molecule has 1 aromatic heterocycles. The molecule has 0 spiro atoms. The fourth-order valence-electron chi connectivity index (χ4n) is 4.62. The minimum atomic E-state index is -0.128. The molecule has 3 fully saturated rings. The smallest absolute Gasteiger partial charge is 0.273 e. The zero-order chi connectivity index (χ0) is 19.3. The third-order valence-corrected chi connectivity index (χ3v) is 6.59. The molecule has 1 amide bonds. The van der Waals surface area contributed by atoms with Crippen molar-refractivity contribution in [1.82, 2.24) is 15.4 Å². The van der Waals surface area contributed by atoms with Crippen molar-refractivity contribution in [2.24, 2.45) is 5.92 Å². The Morgan fingerprint density at radius 2 is 1.82 bits per heavy atom. The van der Waals surface area contributed by atoms with E-state index in [0.717, 1.165) is 63.9 Å². The van der Waals surface area contributed by atoms with Gasteiger partial charge in [-0.3, -0.25) is 9.59 Å². The Kier molecular flexibility index (Phi) is 6.45. The van der Waals surface area contributed by atoms with Gasteiger partial charge in [-0.15, -0.1) is 0 Å². The van der Waals surface area contributed by atoms with E-state index in [0.29, 0.717) is 36.2 Å². The molecule has 154 valence electrons. The third kappa shape index (κ3) is 5.43. The van der Waals surface area contributed by atoms with Crippen LogP contribution in [0.1, 0.15) is 92.8 Å². The summed E-state index contributed by atoms with van der Waals surface area (Å²) >= 11 is 0. The summed E-state index contributed by atoms with van der Waals surface area (Å²) in [6.45, 7) is 3.25. The van der Waals surface area contributed by atoms with E-state index in [1.807, 2.05) is 0 Å². The number of carbonyl (C=O) groups is 2. The first-order valence-corrected chi connectivity index (χ1v) is 11.2. The van der Waals surface area contributed by atoms with Gasteiger partial charge in [0.25, 0.3) is 5.91 Å². The predicted octanol–water partition coefficient (Wildman–Crippen LogP) is 3.68. The normalized spacial score (nSPS) is 26.1. The molecule has 4 rings (SSSR count). The van der Waals surface area contributed by atoms with Gasteiger partial charge < -0.3 is 14.7 Å². The van der Waals surface area contributed by atoms with E-state index in [9.17, 15) is 9.59 Å². The first kappa shape index (κ1) is 19.6. The van der Waals surface area contributed by atoms with Gasteiger partial charge in [-0.1, -0.05) is 11.6 Å².